The fourth-order valence-corrected chi connectivity index (χ4v) is 4.45. The van der Waals surface area contributed by atoms with Gasteiger partial charge in [0.05, 0.1) is 17.5 Å². The van der Waals surface area contributed by atoms with E-state index in [0.717, 1.165) is 13.1 Å². The van der Waals surface area contributed by atoms with Gasteiger partial charge in [-0.05, 0) is 39.0 Å². The SMILES string of the molecule is CCOC(=O)c1c(=O)c2cc(F)c(N3CCN(C(C)C)CC3)nc2n2c1oc1ccccc12. The van der Waals surface area contributed by atoms with E-state index in [1.165, 1.54) is 6.07 Å². The number of pyridine rings is 2. The van der Waals surface area contributed by atoms with Crippen molar-refractivity contribution in [2.24, 2.45) is 0 Å². The van der Waals surface area contributed by atoms with Gasteiger partial charge in [-0.25, -0.2) is 14.2 Å². The summed E-state index contributed by atoms with van der Waals surface area (Å²) in [6, 6.07) is 8.74. The van der Waals surface area contributed by atoms with Gasteiger partial charge in [0.1, 0.15) is 0 Å². The van der Waals surface area contributed by atoms with Crippen LogP contribution in [0.25, 0.3) is 27.8 Å². The van der Waals surface area contributed by atoms with Crippen molar-refractivity contribution in [3.8, 4) is 0 Å². The predicted molar refractivity (Wildman–Crippen MR) is 124 cm³/mol. The molecule has 1 fully saturated rings. The average Bonchev–Trinajstić information content (AvgIpc) is 3.18. The van der Waals surface area contributed by atoms with Crippen molar-refractivity contribution < 1.29 is 18.3 Å². The number of anilines is 1. The fraction of sp³-hybridized carbons (Fsp3) is 0.375. The molecule has 0 amide bonds. The summed E-state index contributed by atoms with van der Waals surface area (Å²) < 4.78 is 27.9. The lowest BCUT2D eigenvalue weighted by Crippen LogP contribution is -2.49. The van der Waals surface area contributed by atoms with Crippen LogP contribution in [0.1, 0.15) is 31.1 Å². The monoisotopic (exact) mass is 452 g/mol. The molecule has 4 heterocycles. The Morgan fingerprint density at radius 1 is 1.21 bits per heavy atom. The van der Waals surface area contributed by atoms with E-state index in [1.54, 1.807) is 29.5 Å². The number of piperazine rings is 1. The normalized spacial score (nSPS) is 15.2. The first-order chi connectivity index (χ1) is 15.9. The fourth-order valence-electron chi connectivity index (χ4n) is 4.45. The van der Waals surface area contributed by atoms with Crippen LogP contribution in [0, 0.1) is 5.82 Å². The van der Waals surface area contributed by atoms with Crippen molar-refractivity contribution in [3.63, 3.8) is 0 Å². The molecule has 0 unspecified atom stereocenters. The second kappa shape index (κ2) is 8.15. The highest BCUT2D eigenvalue weighted by Crippen LogP contribution is 2.29. The van der Waals surface area contributed by atoms with Crippen LogP contribution in [0.4, 0.5) is 10.2 Å². The van der Waals surface area contributed by atoms with E-state index in [0.29, 0.717) is 30.2 Å². The Labute approximate surface area is 189 Å². The van der Waals surface area contributed by atoms with Crippen LogP contribution in [0.15, 0.2) is 39.5 Å². The molecule has 1 aromatic carbocycles. The molecule has 0 N–H and O–H groups in total. The Kier molecular flexibility index (Phi) is 5.28. The Morgan fingerprint density at radius 2 is 1.94 bits per heavy atom. The van der Waals surface area contributed by atoms with Crippen LogP contribution in [-0.4, -0.2) is 59.1 Å². The van der Waals surface area contributed by atoms with Crippen LogP contribution < -0.4 is 10.3 Å². The van der Waals surface area contributed by atoms with Crippen LogP contribution in [0.3, 0.4) is 0 Å². The molecule has 4 aromatic rings. The Morgan fingerprint density at radius 3 is 2.64 bits per heavy atom. The minimum atomic E-state index is -0.810. The van der Waals surface area contributed by atoms with Gasteiger partial charge in [-0.1, -0.05) is 12.1 Å². The Hall–Kier alpha value is -3.46. The number of fused-ring (bicyclic) bond motifs is 5. The number of nitrogens with zero attached hydrogens (tertiary/aromatic N) is 4. The highest BCUT2D eigenvalue weighted by atomic mass is 19.1. The zero-order valence-corrected chi connectivity index (χ0v) is 18.8. The molecule has 1 saturated heterocycles. The van der Waals surface area contributed by atoms with Gasteiger partial charge in [-0.3, -0.25) is 14.1 Å². The molecule has 0 atom stereocenters. The molecule has 1 aliphatic rings. The minimum Gasteiger partial charge on any atom is -0.462 e. The van der Waals surface area contributed by atoms with E-state index in [-0.39, 0.29) is 34.7 Å². The maximum atomic E-state index is 15.3. The van der Waals surface area contributed by atoms with Crippen molar-refractivity contribution in [2.45, 2.75) is 26.8 Å². The third kappa shape index (κ3) is 3.43. The molecule has 0 spiro atoms. The zero-order valence-electron chi connectivity index (χ0n) is 18.8. The summed E-state index contributed by atoms with van der Waals surface area (Å²) in [5.74, 6) is -1.22. The van der Waals surface area contributed by atoms with Gasteiger partial charge in [-0.15, -0.1) is 0 Å². The van der Waals surface area contributed by atoms with Crippen molar-refractivity contribution in [1.82, 2.24) is 14.3 Å². The van der Waals surface area contributed by atoms with E-state index in [4.69, 9.17) is 9.15 Å². The molecule has 33 heavy (non-hydrogen) atoms. The summed E-state index contributed by atoms with van der Waals surface area (Å²) >= 11 is 0. The number of hydrogen-bond acceptors (Lipinski definition) is 7. The molecule has 8 nitrogen and oxygen atoms in total. The van der Waals surface area contributed by atoms with Crippen LogP contribution in [0.2, 0.25) is 0 Å². The van der Waals surface area contributed by atoms with Gasteiger partial charge < -0.3 is 14.1 Å². The van der Waals surface area contributed by atoms with Crippen molar-refractivity contribution >= 4 is 39.6 Å². The molecule has 5 rings (SSSR count). The number of aromatic nitrogens is 2. The Bertz CT molecular complexity index is 1430. The van der Waals surface area contributed by atoms with Gasteiger partial charge in [0.2, 0.25) is 11.1 Å². The van der Waals surface area contributed by atoms with Crippen LogP contribution >= 0.6 is 0 Å². The molecular weight excluding hydrogens is 427 g/mol. The quantitative estimate of drug-likeness (QED) is 0.439. The molecule has 0 aliphatic carbocycles. The number of carbonyl (C=O) groups is 1. The molecular formula is C24H25FN4O4. The topological polar surface area (TPSA) is 80.3 Å². The number of benzene rings is 1. The van der Waals surface area contributed by atoms with Crippen LogP contribution in [0.5, 0.6) is 0 Å². The van der Waals surface area contributed by atoms with E-state index in [9.17, 15) is 9.59 Å². The lowest BCUT2D eigenvalue weighted by Gasteiger charge is -2.37. The summed E-state index contributed by atoms with van der Waals surface area (Å²) in [5, 5.41) is 0.00386. The van der Waals surface area contributed by atoms with Crippen LogP contribution in [-0.2, 0) is 4.74 Å². The molecule has 1 aliphatic heterocycles. The first-order valence-corrected chi connectivity index (χ1v) is 11.1. The van der Waals surface area contributed by atoms with Crippen molar-refractivity contribution in [2.75, 3.05) is 37.7 Å². The van der Waals surface area contributed by atoms with Crippen molar-refractivity contribution in [3.05, 3.63) is 51.9 Å². The summed E-state index contributed by atoms with van der Waals surface area (Å²) in [6.07, 6.45) is 0. The third-order valence-corrected chi connectivity index (χ3v) is 6.17. The number of para-hydroxylation sites is 2. The average molecular weight is 452 g/mol. The number of halogens is 1. The summed E-state index contributed by atoms with van der Waals surface area (Å²) in [6.45, 7) is 8.86. The maximum Gasteiger partial charge on any atom is 0.347 e. The molecule has 9 heteroatoms. The summed E-state index contributed by atoms with van der Waals surface area (Å²) in [7, 11) is 0. The van der Waals surface area contributed by atoms with Gasteiger partial charge in [0, 0.05) is 32.2 Å². The van der Waals surface area contributed by atoms with Gasteiger partial charge >= 0.3 is 5.97 Å². The third-order valence-electron chi connectivity index (χ3n) is 6.17. The number of hydrogen-bond donors (Lipinski definition) is 0. The van der Waals surface area contributed by atoms with Gasteiger partial charge in [0.25, 0.3) is 0 Å². The number of carbonyl (C=O) groups excluding carboxylic acids is 1. The summed E-state index contributed by atoms with van der Waals surface area (Å²) in [4.78, 5) is 34.8. The van der Waals surface area contributed by atoms with Crippen molar-refractivity contribution in [1.29, 1.82) is 0 Å². The first kappa shape index (κ1) is 21.4. The van der Waals surface area contributed by atoms with E-state index in [2.05, 4.69) is 23.7 Å². The molecule has 3 aromatic heterocycles. The maximum absolute atomic E-state index is 15.3. The minimum absolute atomic E-state index is 0.00386. The highest BCUT2D eigenvalue weighted by Gasteiger charge is 2.28. The molecule has 172 valence electrons. The predicted octanol–water partition coefficient (Wildman–Crippen LogP) is 3.44. The second-order valence-electron chi connectivity index (χ2n) is 8.42. The first-order valence-electron chi connectivity index (χ1n) is 11.1. The van der Waals surface area contributed by atoms with E-state index < -0.39 is 17.2 Å². The number of oxazole rings is 1. The summed E-state index contributed by atoms with van der Waals surface area (Å²) in [5.41, 5.74) is 0.466. The highest BCUT2D eigenvalue weighted by molar-refractivity contribution is 6.02. The van der Waals surface area contributed by atoms with Gasteiger partial charge in [-0.2, -0.15) is 0 Å². The largest absolute Gasteiger partial charge is 0.462 e. The van der Waals surface area contributed by atoms with Gasteiger partial charge in [0.15, 0.2) is 28.4 Å². The number of rotatable bonds is 4. The lowest BCUT2D eigenvalue weighted by atomic mass is 10.1. The second-order valence-corrected chi connectivity index (χ2v) is 8.42. The molecule has 0 radical (unpaired) electrons. The van der Waals surface area contributed by atoms with E-state index in [1.807, 2.05) is 11.0 Å². The standard InChI is InChI=1S/C24H25FN4O4/c1-4-32-24(31)19-20(30)15-13-16(25)22(28-11-9-27(10-12-28)14(2)3)26-21(15)29-17-7-5-6-8-18(17)33-23(19)29/h5-8,13-14H,4,9-12H2,1-3H3. The molecule has 0 saturated carbocycles. The molecule has 0 bridgehead atoms. The van der Waals surface area contributed by atoms with E-state index >= 15 is 4.39 Å². The smallest absolute Gasteiger partial charge is 0.347 e. The Balaban J connectivity index is 1.77. The lowest BCUT2D eigenvalue weighted by molar-refractivity contribution is 0.0525. The zero-order chi connectivity index (χ0) is 23.3. The number of esters is 1. The number of ether oxygens (including phenoxy) is 1.